The fourth-order valence-electron chi connectivity index (χ4n) is 2.18. The van der Waals surface area contributed by atoms with Crippen molar-refractivity contribution >= 4 is 22.6 Å². The van der Waals surface area contributed by atoms with Gasteiger partial charge in [-0.2, -0.15) is 0 Å². The minimum atomic E-state index is -0.566. The SMILES string of the molecule is OCCCCCC[C@@H](O)[C@H](O)CCCCCCCI. The van der Waals surface area contributed by atoms with Gasteiger partial charge in [0.2, 0.25) is 0 Å². The zero-order chi connectivity index (χ0) is 14.3. The van der Waals surface area contributed by atoms with Crippen molar-refractivity contribution < 1.29 is 15.3 Å². The predicted molar refractivity (Wildman–Crippen MR) is 88.8 cm³/mol. The summed E-state index contributed by atoms with van der Waals surface area (Å²) in [7, 11) is 0. The Balaban J connectivity index is 3.35. The van der Waals surface area contributed by atoms with E-state index in [0.29, 0.717) is 6.42 Å². The summed E-state index contributed by atoms with van der Waals surface area (Å²) in [6.45, 7) is 0.253. The van der Waals surface area contributed by atoms with Gasteiger partial charge in [-0.3, -0.25) is 0 Å². The minimum absolute atomic E-state index is 0.253. The highest BCUT2D eigenvalue weighted by atomic mass is 127. The van der Waals surface area contributed by atoms with Crippen LogP contribution in [0.5, 0.6) is 0 Å². The smallest absolute Gasteiger partial charge is 0.0799 e. The molecule has 0 saturated carbocycles. The molecule has 2 atom stereocenters. The Morgan fingerprint density at radius 2 is 1.05 bits per heavy atom. The number of halogens is 1. The molecule has 0 saturated heterocycles. The molecular formula is C15H31IO3. The summed E-state index contributed by atoms with van der Waals surface area (Å²) in [5, 5.41) is 28.3. The van der Waals surface area contributed by atoms with E-state index < -0.39 is 12.2 Å². The van der Waals surface area contributed by atoms with Crippen LogP contribution in [0, 0.1) is 0 Å². The Morgan fingerprint density at radius 1 is 0.632 bits per heavy atom. The third-order valence-corrected chi connectivity index (χ3v) is 4.25. The summed E-state index contributed by atoms with van der Waals surface area (Å²) in [6.07, 6.45) is 10.1. The van der Waals surface area contributed by atoms with Crippen molar-refractivity contribution in [2.24, 2.45) is 0 Å². The average Bonchev–Trinajstić information content (AvgIpc) is 2.42. The number of aliphatic hydroxyl groups excluding tert-OH is 3. The highest BCUT2D eigenvalue weighted by Gasteiger charge is 2.14. The molecule has 0 amide bonds. The molecule has 0 bridgehead atoms. The van der Waals surface area contributed by atoms with Crippen LogP contribution in [0.15, 0.2) is 0 Å². The molecule has 0 aliphatic rings. The number of unbranched alkanes of at least 4 members (excludes halogenated alkanes) is 7. The largest absolute Gasteiger partial charge is 0.396 e. The van der Waals surface area contributed by atoms with E-state index in [1.165, 1.54) is 23.7 Å². The molecule has 0 aliphatic heterocycles. The topological polar surface area (TPSA) is 60.7 Å². The van der Waals surface area contributed by atoms with Gasteiger partial charge in [0.15, 0.2) is 0 Å². The third kappa shape index (κ3) is 13.4. The van der Waals surface area contributed by atoms with E-state index in [-0.39, 0.29) is 6.61 Å². The molecule has 0 fully saturated rings. The first kappa shape index (κ1) is 19.6. The number of aliphatic hydroxyl groups is 3. The van der Waals surface area contributed by atoms with Gasteiger partial charge in [-0.15, -0.1) is 0 Å². The van der Waals surface area contributed by atoms with E-state index >= 15 is 0 Å². The van der Waals surface area contributed by atoms with Gasteiger partial charge in [0.05, 0.1) is 12.2 Å². The van der Waals surface area contributed by atoms with Gasteiger partial charge >= 0.3 is 0 Å². The molecule has 0 spiro atoms. The summed E-state index contributed by atoms with van der Waals surface area (Å²) in [4.78, 5) is 0. The average molecular weight is 386 g/mol. The van der Waals surface area contributed by atoms with Crippen LogP contribution in [0.4, 0.5) is 0 Å². The zero-order valence-corrected chi connectivity index (χ0v) is 14.2. The molecule has 0 heterocycles. The minimum Gasteiger partial charge on any atom is -0.396 e. The van der Waals surface area contributed by atoms with Crippen LogP contribution in [0.25, 0.3) is 0 Å². The first-order chi connectivity index (χ1) is 9.22. The number of hydrogen-bond donors (Lipinski definition) is 3. The Morgan fingerprint density at radius 3 is 1.53 bits per heavy atom. The van der Waals surface area contributed by atoms with Crippen molar-refractivity contribution in [3.8, 4) is 0 Å². The summed E-state index contributed by atoms with van der Waals surface area (Å²) >= 11 is 2.40. The lowest BCUT2D eigenvalue weighted by Gasteiger charge is -2.17. The molecular weight excluding hydrogens is 355 g/mol. The third-order valence-electron chi connectivity index (χ3n) is 3.49. The number of rotatable bonds is 14. The maximum atomic E-state index is 9.83. The molecule has 0 aromatic rings. The Kier molecular flexibility index (Phi) is 15.5. The molecule has 0 unspecified atom stereocenters. The second-order valence-electron chi connectivity index (χ2n) is 5.31. The van der Waals surface area contributed by atoms with E-state index in [0.717, 1.165) is 44.9 Å². The fraction of sp³-hybridized carbons (Fsp3) is 1.00. The second-order valence-corrected chi connectivity index (χ2v) is 6.39. The van der Waals surface area contributed by atoms with Crippen molar-refractivity contribution in [3.63, 3.8) is 0 Å². The quantitative estimate of drug-likeness (QED) is 0.244. The molecule has 4 heteroatoms. The maximum absolute atomic E-state index is 9.83. The number of hydrogen-bond acceptors (Lipinski definition) is 3. The Labute approximate surface area is 131 Å². The molecule has 0 aromatic carbocycles. The van der Waals surface area contributed by atoms with Crippen LogP contribution in [0.2, 0.25) is 0 Å². The first-order valence-electron chi connectivity index (χ1n) is 7.75. The zero-order valence-electron chi connectivity index (χ0n) is 12.1. The number of alkyl halides is 1. The highest BCUT2D eigenvalue weighted by Crippen LogP contribution is 2.14. The van der Waals surface area contributed by atoms with E-state index in [4.69, 9.17) is 5.11 Å². The van der Waals surface area contributed by atoms with Gasteiger partial charge in [-0.25, -0.2) is 0 Å². The van der Waals surface area contributed by atoms with Gasteiger partial charge < -0.3 is 15.3 Å². The molecule has 0 radical (unpaired) electrons. The molecule has 3 N–H and O–H groups in total. The van der Waals surface area contributed by atoms with Gasteiger partial charge in [0.25, 0.3) is 0 Å². The maximum Gasteiger partial charge on any atom is 0.0799 e. The van der Waals surface area contributed by atoms with Crippen molar-refractivity contribution in [3.05, 3.63) is 0 Å². The summed E-state index contributed by atoms with van der Waals surface area (Å²) in [5.41, 5.74) is 0. The van der Waals surface area contributed by atoms with Crippen LogP contribution < -0.4 is 0 Å². The van der Waals surface area contributed by atoms with Crippen LogP contribution in [0.3, 0.4) is 0 Å². The van der Waals surface area contributed by atoms with E-state index in [2.05, 4.69) is 22.6 Å². The van der Waals surface area contributed by atoms with Crippen LogP contribution >= 0.6 is 22.6 Å². The fourth-order valence-corrected chi connectivity index (χ4v) is 2.72. The first-order valence-corrected chi connectivity index (χ1v) is 9.28. The lowest BCUT2D eigenvalue weighted by atomic mass is 10.0. The molecule has 19 heavy (non-hydrogen) atoms. The molecule has 0 aliphatic carbocycles. The van der Waals surface area contributed by atoms with Crippen molar-refractivity contribution in [2.45, 2.75) is 82.8 Å². The monoisotopic (exact) mass is 386 g/mol. The van der Waals surface area contributed by atoms with Gasteiger partial charge in [0, 0.05) is 6.61 Å². The van der Waals surface area contributed by atoms with Gasteiger partial charge in [-0.1, -0.05) is 67.5 Å². The standard InChI is InChI=1S/C15H31IO3/c16-12-8-4-1-2-6-10-14(18)15(19)11-7-3-5-9-13-17/h14-15,17-19H,1-13H2/t14-,15-/m1/s1. The summed E-state index contributed by atoms with van der Waals surface area (Å²) in [5.74, 6) is 0. The van der Waals surface area contributed by atoms with Crippen LogP contribution in [-0.4, -0.2) is 38.6 Å². The Hall–Kier alpha value is 0.610. The van der Waals surface area contributed by atoms with E-state index in [9.17, 15) is 10.2 Å². The summed E-state index contributed by atoms with van der Waals surface area (Å²) in [6, 6.07) is 0. The second kappa shape index (κ2) is 15.0. The lowest BCUT2D eigenvalue weighted by molar-refractivity contribution is 0.00709. The highest BCUT2D eigenvalue weighted by molar-refractivity contribution is 14.1. The predicted octanol–water partition coefficient (Wildman–Crippen LogP) is 3.43. The molecule has 116 valence electrons. The van der Waals surface area contributed by atoms with Gasteiger partial charge in [-0.05, 0) is 30.1 Å². The summed E-state index contributed by atoms with van der Waals surface area (Å²) < 4.78 is 1.23. The normalized spacial score (nSPS) is 14.5. The lowest BCUT2D eigenvalue weighted by Crippen LogP contribution is -2.25. The van der Waals surface area contributed by atoms with E-state index in [1.807, 2.05) is 0 Å². The van der Waals surface area contributed by atoms with Crippen LogP contribution in [-0.2, 0) is 0 Å². The van der Waals surface area contributed by atoms with Crippen molar-refractivity contribution in [1.82, 2.24) is 0 Å². The van der Waals surface area contributed by atoms with Crippen molar-refractivity contribution in [2.75, 3.05) is 11.0 Å². The molecule has 0 rings (SSSR count). The Bertz CT molecular complexity index is 179. The molecule has 3 nitrogen and oxygen atoms in total. The van der Waals surface area contributed by atoms with Crippen LogP contribution in [0.1, 0.15) is 70.6 Å². The van der Waals surface area contributed by atoms with Gasteiger partial charge in [0.1, 0.15) is 0 Å². The van der Waals surface area contributed by atoms with E-state index in [1.54, 1.807) is 0 Å². The van der Waals surface area contributed by atoms with Crippen molar-refractivity contribution in [1.29, 1.82) is 0 Å². The molecule has 0 aromatic heterocycles.